The lowest BCUT2D eigenvalue weighted by molar-refractivity contribution is -0.119. The van der Waals surface area contributed by atoms with Gasteiger partial charge in [0.15, 0.2) is 0 Å². The number of carbonyl (C=O) groups excluding carboxylic acids is 1. The summed E-state index contributed by atoms with van der Waals surface area (Å²) in [5.41, 5.74) is 3.44. The van der Waals surface area contributed by atoms with Crippen molar-refractivity contribution in [1.82, 2.24) is 15.3 Å². The molecule has 0 radical (unpaired) electrons. The van der Waals surface area contributed by atoms with Crippen molar-refractivity contribution in [2.45, 2.75) is 39.2 Å². The second kappa shape index (κ2) is 5.40. The van der Waals surface area contributed by atoms with Crippen LogP contribution in [-0.4, -0.2) is 28.5 Å². The SMILES string of the molecule is Cc1c(NN)nc(C(C)C)nc1NC1CNC(=O)C1. The van der Waals surface area contributed by atoms with Gasteiger partial charge < -0.3 is 16.1 Å². The molecular weight excluding hydrogens is 244 g/mol. The summed E-state index contributed by atoms with van der Waals surface area (Å²) in [5, 5.41) is 6.07. The van der Waals surface area contributed by atoms with E-state index in [-0.39, 0.29) is 17.9 Å². The molecule has 1 saturated heterocycles. The van der Waals surface area contributed by atoms with E-state index in [1.54, 1.807) is 0 Å². The van der Waals surface area contributed by atoms with Crippen molar-refractivity contribution in [3.8, 4) is 0 Å². The van der Waals surface area contributed by atoms with Gasteiger partial charge in [0, 0.05) is 24.4 Å². The zero-order chi connectivity index (χ0) is 14.0. The van der Waals surface area contributed by atoms with Gasteiger partial charge in [0.25, 0.3) is 0 Å². The molecule has 2 rings (SSSR count). The van der Waals surface area contributed by atoms with E-state index >= 15 is 0 Å². The van der Waals surface area contributed by atoms with Crippen molar-refractivity contribution in [1.29, 1.82) is 0 Å². The molecule has 0 spiro atoms. The molecule has 0 aromatic carbocycles. The molecule has 1 atom stereocenters. The molecule has 0 saturated carbocycles. The van der Waals surface area contributed by atoms with Gasteiger partial charge in [-0.1, -0.05) is 13.8 Å². The van der Waals surface area contributed by atoms with Crippen molar-refractivity contribution in [3.05, 3.63) is 11.4 Å². The van der Waals surface area contributed by atoms with E-state index in [9.17, 15) is 4.79 Å². The maximum absolute atomic E-state index is 11.2. The lowest BCUT2D eigenvalue weighted by Gasteiger charge is -2.17. The molecule has 7 heteroatoms. The molecule has 7 nitrogen and oxygen atoms in total. The third-order valence-electron chi connectivity index (χ3n) is 3.13. The van der Waals surface area contributed by atoms with Crippen LogP contribution in [0, 0.1) is 6.92 Å². The molecule has 1 amide bonds. The number of aromatic nitrogens is 2. The fraction of sp³-hybridized carbons (Fsp3) is 0.583. The standard InChI is InChI=1S/C12H20N6O/c1-6(2)10-16-11(7(3)12(17-10)18-13)15-8-4-9(19)14-5-8/h6,8H,4-5,13H2,1-3H3,(H,14,19)(H2,15,16,17,18). The lowest BCUT2D eigenvalue weighted by atomic mass is 10.2. The Kier molecular flexibility index (Phi) is 3.84. The van der Waals surface area contributed by atoms with E-state index in [1.165, 1.54) is 0 Å². The van der Waals surface area contributed by atoms with Crippen molar-refractivity contribution >= 4 is 17.5 Å². The van der Waals surface area contributed by atoms with Gasteiger partial charge in [-0.2, -0.15) is 0 Å². The first-order chi connectivity index (χ1) is 9.01. The number of nitrogens with one attached hydrogen (secondary N) is 3. The highest BCUT2D eigenvalue weighted by Crippen LogP contribution is 2.23. The fourth-order valence-corrected chi connectivity index (χ4v) is 1.97. The summed E-state index contributed by atoms with van der Waals surface area (Å²) in [6, 6.07) is 0.0618. The average Bonchev–Trinajstić information content (AvgIpc) is 2.77. The normalized spacial score (nSPS) is 18.6. The maximum atomic E-state index is 11.2. The zero-order valence-electron chi connectivity index (χ0n) is 11.4. The van der Waals surface area contributed by atoms with E-state index in [2.05, 4.69) is 26.0 Å². The molecule has 1 aliphatic heterocycles. The molecule has 19 heavy (non-hydrogen) atoms. The minimum atomic E-state index is 0.0606. The van der Waals surface area contributed by atoms with Crippen LogP contribution in [0.2, 0.25) is 0 Å². The van der Waals surface area contributed by atoms with Gasteiger partial charge in [-0.25, -0.2) is 15.8 Å². The Balaban J connectivity index is 2.27. The van der Waals surface area contributed by atoms with Crippen molar-refractivity contribution in [3.63, 3.8) is 0 Å². The van der Waals surface area contributed by atoms with Crippen LogP contribution in [0.15, 0.2) is 0 Å². The predicted molar refractivity (Wildman–Crippen MR) is 73.7 cm³/mol. The number of carbonyl (C=O) groups is 1. The van der Waals surface area contributed by atoms with E-state index in [1.807, 2.05) is 20.8 Å². The second-order valence-corrected chi connectivity index (χ2v) is 5.05. The number of rotatable bonds is 4. The molecule has 5 N–H and O–H groups in total. The minimum Gasteiger partial charge on any atom is -0.365 e. The first kappa shape index (κ1) is 13.5. The molecule has 1 aliphatic rings. The van der Waals surface area contributed by atoms with E-state index in [0.29, 0.717) is 18.8 Å². The van der Waals surface area contributed by atoms with Crippen molar-refractivity contribution in [2.24, 2.45) is 5.84 Å². The van der Waals surface area contributed by atoms with E-state index in [4.69, 9.17) is 5.84 Å². The van der Waals surface area contributed by atoms with Gasteiger partial charge in [-0.15, -0.1) is 0 Å². The van der Waals surface area contributed by atoms with Crippen LogP contribution in [0.25, 0.3) is 0 Å². The quantitative estimate of drug-likeness (QED) is 0.466. The number of hydrogen-bond acceptors (Lipinski definition) is 6. The Labute approximate surface area is 112 Å². The van der Waals surface area contributed by atoms with Crippen LogP contribution in [0.1, 0.15) is 37.6 Å². The molecule has 104 valence electrons. The Bertz CT molecular complexity index is 487. The zero-order valence-corrected chi connectivity index (χ0v) is 11.4. The second-order valence-electron chi connectivity index (χ2n) is 5.05. The Morgan fingerprint density at radius 2 is 2.05 bits per heavy atom. The number of hydrazine groups is 1. The highest BCUT2D eigenvalue weighted by molar-refractivity contribution is 5.79. The molecule has 0 aliphatic carbocycles. The first-order valence-corrected chi connectivity index (χ1v) is 6.39. The van der Waals surface area contributed by atoms with Crippen LogP contribution in [0.3, 0.4) is 0 Å². The van der Waals surface area contributed by atoms with Crippen LogP contribution in [0.4, 0.5) is 11.6 Å². The molecule has 2 heterocycles. The number of nitrogens with zero attached hydrogens (tertiary/aromatic N) is 2. The number of amides is 1. The smallest absolute Gasteiger partial charge is 0.222 e. The Morgan fingerprint density at radius 3 is 2.58 bits per heavy atom. The highest BCUT2D eigenvalue weighted by Gasteiger charge is 2.23. The van der Waals surface area contributed by atoms with E-state index in [0.717, 1.165) is 17.2 Å². The Morgan fingerprint density at radius 1 is 1.37 bits per heavy atom. The lowest BCUT2D eigenvalue weighted by Crippen LogP contribution is -2.24. The van der Waals surface area contributed by atoms with Crippen LogP contribution in [0.5, 0.6) is 0 Å². The summed E-state index contributed by atoms with van der Waals surface area (Å²) in [4.78, 5) is 20.1. The molecule has 1 aromatic heterocycles. The summed E-state index contributed by atoms with van der Waals surface area (Å²) in [5.74, 6) is 7.81. The average molecular weight is 264 g/mol. The summed E-state index contributed by atoms with van der Waals surface area (Å²) in [6.45, 7) is 6.56. The summed E-state index contributed by atoms with van der Waals surface area (Å²) < 4.78 is 0. The third-order valence-corrected chi connectivity index (χ3v) is 3.13. The highest BCUT2D eigenvalue weighted by atomic mass is 16.1. The molecule has 0 bridgehead atoms. The van der Waals surface area contributed by atoms with Gasteiger partial charge in [0.2, 0.25) is 5.91 Å². The van der Waals surface area contributed by atoms with Crippen molar-refractivity contribution < 1.29 is 4.79 Å². The van der Waals surface area contributed by atoms with Crippen LogP contribution in [-0.2, 0) is 4.79 Å². The van der Waals surface area contributed by atoms with Crippen LogP contribution >= 0.6 is 0 Å². The minimum absolute atomic E-state index is 0.0606. The topological polar surface area (TPSA) is 105 Å². The van der Waals surface area contributed by atoms with Gasteiger partial charge in [0.1, 0.15) is 17.5 Å². The summed E-state index contributed by atoms with van der Waals surface area (Å²) >= 11 is 0. The number of anilines is 2. The van der Waals surface area contributed by atoms with Crippen molar-refractivity contribution in [2.75, 3.05) is 17.3 Å². The summed E-state index contributed by atoms with van der Waals surface area (Å²) in [6.07, 6.45) is 0.464. The molecule has 1 fully saturated rings. The largest absolute Gasteiger partial charge is 0.365 e. The molecule has 1 unspecified atom stereocenters. The molecular formula is C12H20N6O. The maximum Gasteiger partial charge on any atom is 0.222 e. The predicted octanol–water partition coefficient (Wildman–Crippen LogP) is 0.494. The van der Waals surface area contributed by atoms with E-state index < -0.39 is 0 Å². The van der Waals surface area contributed by atoms with Gasteiger partial charge in [-0.05, 0) is 6.92 Å². The number of nitrogens with two attached hydrogens (primary N) is 1. The number of hydrogen-bond donors (Lipinski definition) is 4. The summed E-state index contributed by atoms with van der Waals surface area (Å²) in [7, 11) is 0. The number of nitrogen functional groups attached to an aromatic ring is 1. The van der Waals surface area contributed by atoms with Crippen LogP contribution < -0.4 is 21.9 Å². The third kappa shape index (κ3) is 2.93. The fourth-order valence-electron chi connectivity index (χ4n) is 1.97. The van der Waals surface area contributed by atoms with Gasteiger partial charge in [0.05, 0.1) is 6.04 Å². The molecule has 1 aromatic rings. The first-order valence-electron chi connectivity index (χ1n) is 6.39. The monoisotopic (exact) mass is 264 g/mol. The van der Waals surface area contributed by atoms with Gasteiger partial charge in [-0.3, -0.25) is 4.79 Å². The van der Waals surface area contributed by atoms with Gasteiger partial charge >= 0.3 is 0 Å². The Hall–Kier alpha value is -1.89.